The minimum Gasteiger partial charge on any atom is -0.328 e. The van der Waals surface area contributed by atoms with Crippen LogP contribution in [-0.4, -0.2) is 38.0 Å². The second-order valence-electron chi connectivity index (χ2n) is 8.04. The number of ether oxygens (including phenoxy) is 1. The fraction of sp³-hybridized carbons (Fsp3) is 1.00. The highest BCUT2D eigenvalue weighted by Crippen LogP contribution is 2.21. The minimum atomic E-state index is 0.560. The molecule has 0 aromatic carbocycles. The maximum Gasteiger partial charge on any atom is 0.183 e. The molecule has 0 bridgehead atoms. The van der Waals surface area contributed by atoms with Gasteiger partial charge in [0.05, 0.1) is 26.7 Å². The molecule has 132 valence electrons. The molecule has 2 nitrogen and oxygen atoms in total. The van der Waals surface area contributed by atoms with E-state index in [0.717, 1.165) is 11.2 Å². The maximum absolute atomic E-state index is 6.08. The Kier molecular flexibility index (Phi) is 11.2. The summed E-state index contributed by atoms with van der Waals surface area (Å²) in [6.07, 6.45) is 20.1. The summed E-state index contributed by atoms with van der Waals surface area (Å²) in [4.78, 5) is 0. The second kappa shape index (κ2) is 12.4. The van der Waals surface area contributed by atoms with Gasteiger partial charge in [-0.3, -0.25) is 0 Å². The summed E-state index contributed by atoms with van der Waals surface area (Å²) in [6.45, 7) is 4.46. The van der Waals surface area contributed by atoms with Crippen LogP contribution in [0.3, 0.4) is 0 Å². The predicted octanol–water partition coefficient (Wildman–Crippen LogP) is 5.90. The van der Waals surface area contributed by atoms with Gasteiger partial charge in [0.15, 0.2) is 6.73 Å². The number of quaternary nitrogens is 1. The molecular weight excluding hydrogens is 270 g/mol. The fourth-order valence-corrected chi connectivity index (χ4v) is 3.45. The van der Waals surface area contributed by atoms with E-state index in [1.807, 2.05) is 0 Å². The molecule has 0 N–H and O–H groups in total. The molecule has 1 fully saturated rings. The SMILES string of the molecule is CCCCCCCCCCCC[N+](C)(C)COC1CCCC1. The number of hydrogen-bond donors (Lipinski definition) is 0. The lowest BCUT2D eigenvalue weighted by Gasteiger charge is -2.30. The topological polar surface area (TPSA) is 9.23 Å². The van der Waals surface area contributed by atoms with Gasteiger partial charge >= 0.3 is 0 Å². The van der Waals surface area contributed by atoms with Crippen LogP contribution in [0.5, 0.6) is 0 Å². The van der Waals surface area contributed by atoms with E-state index in [9.17, 15) is 0 Å². The lowest BCUT2D eigenvalue weighted by atomic mass is 10.1. The Hall–Kier alpha value is -0.0800. The highest BCUT2D eigenvalue weighted by atomic mass is 16.5. The molecule has 0 aromatic heterocycles. The van der Waals surface area contributed by atoms with Crippen molar-refractivity contribution in [3.63, 3.8) is 0 Å². The zero-order valence-electron chi connectivity index (χ0n) is 15.7. The van der Waals surface area contributed by atoms with Crippen LogP contribution in [-0.2, 0) is 4.74 Å². The minimum absolute atomic E-state index is 0.560. The van der Waals surface area contributed by atoms with Crippen molar-refractivity contribution in [3.05, 3.63) is 0 Å². The number of nitrogens with zero attached hydrogens (tertiary/aromatic N) is 1. The first-order valence-electron chi connectivity index (χ1n) is 10.1. The molecule has 1 aliphatic carbocycles. The number of rotatable bonds is 14. The average Bonchev–Trinajstić information content (AvgIpc) is 3.01. The third kappa shape index (κ3) is 10.6. The van der Waals surface area contributed by atoms with Gasteiger partial charge in [0.1, 0.15) is 0 Å². The smallest absolute Gasteiger partial charge is 0.183 e. The molecule has 1 rings (SSSR count). The van der Waals surface area contributed by atoms with Gasteiger partial charge in [-0.15, -0.1) is 0 Å². The van der Waals surface area contributed by atoms with Crippen molar-refractivity contribution in [3.8, 4) is 0 Å². The molecule has 1 saturated carbocycles. The molecule has 0 radical (unpaired) electrons. The Bertz CT molecular complexity index is 246. The van der Waals surface area contributed by atoms with E-state index >= 15 is 0 Å². The first-order valence-corrected chi connectivity index (χ1v) is 10.1. The lowest BCUT2D eigenvalue weighted by Crippen LogP contribution is -2.43. The Morgan fingerprint density at radius 3 is 1.82 bits per heavy atom. The Balaban J connectivity index is 1.87. The van der Waals surface area contributed by atoms with Gasteiger partial charge in [-0.05, 0) is 25.7 Å². The van der Waals surface area contributed by atoms with E-state index in [1.165, 1.54) is 96.4 Å². The summed E-state index contributed by atoms with van der Waals surface area (Å²) in [6, 6.07) is 0. The largest absolute Gasteiger partial charge is 0.328 e. The van der Waals surface area contributed by atoms with Crippen molar-refractivity contribution in [2.24, 2.45) is 0 Å². The van der Waals surface area contributed by atoms with Gasteiger partial charge in [-0.25, -0.2) is 0 Å². The second-order valence-corrected chi connectivity index (χ2v) is 8.04. The Labute approximate surface area is 140 Å². The van der Waals surface area contributed by atoms with Crippen molar-refractivity contribution in [2.45, 2.75) is 103 Å². The van der Waals surface area contributed by atoms with Crippen molar-refractivity contribution < 1.29 is 9.22 Å². The fourth-order valence-electron chi connectivity index (χ4n) is 3.45. The standard InChI is InChI=1S/C20H42NO/c1-4-5-6-7-8-9-10-11-12-15-18-21(2,3)19-22-20-16-13-14-17-20/h20H,4-19H2,1-3H3/q+1. The molecule has 0 aliphatic heterocycles. The van der Waals surface area contributed by atoms with Gasteiger partial charge < -0.3 is 9.22 Å². The zero-order chi connectivity index (χ0) is 16.1. The maximum atomic E-state index is 6.08. The molecule has 0 spiro atoms. The first-order chi connectivity index (χ1) is 10.6. The first kappa shape index (κ1) is 20.0. The molecule has 2 heteroatoms. The van der Waals surface area contributed by atoms with Gasteiger partial charge in [-0.1, -0.05) is 71.1 Å². The lowest BCUT2D eigenvalue weighted by molar-refractivity contribution is -0.910. The molecule has 0 unspecified atom stereocenters. The summed E-state index contributed by atoms with van der Waals surface area (Å²) < 4.78 is 7.12. The molecule has 0 aromatic rings. The summed E-state index contributed by atoms with van der Waals surface area (Å²) in [5, 5.41) is 0. The van der Waals surface area contributed by atoms with Crippen molar-refractivity contribution >= 4 is 0 Å². The van der Waals surface area contributed by atoms with Gasteiger partial charge in [0.2, 0.25) is 0 Å². The van der Waals surface area contributed by atoms with Crippen molar-refractivity contribution in [2.75, 3.05) is 27.4 Å². The molecular formula is C20H42NO+. The normalized spacial score (nSPS) is 16.5. The molecule has 0 saturated heterocycles. The molecule has 22 heavy (non-hydrogen) atoms. The molecule has 0 amide bonds. The zero-order valence-corrected chi connectivity index (χ0v) is 15.7. The predicted molar refractivity (Wildman–Crippen MR) is 97.0 cm³/mol. The highest BCUT2D eigenvalue weighted by molar-refractivity contribution is 4.65. The van der Waals surface area contributed by atoms with Gasteiger partial charge in [-0.2, -0.15) is 0 Å². The Morgan fingerprint density at radius 2 is 1.27 bits per heavy atom. The van der Waals surface area contributed by atoms with Crippen LogP contribution in [0.15, 0.2) is 0 Å². The average molecular weight is 313 g/mol. The molecule has 0 heterocycles. The van der Waals surface area contributed by atoms with Crippen LogP contribution in [0.1, 0.15) is 96.8 Å². The van der Waals surface area contributed by atoms with Gasteiger partial charge in [0, 0.05) is 0 Å². The van der Waals surface area contributed by atoms with Crippen LogP contribution in [0.2, 0.25) is 0 Å². The molecule has 1 aliphatic rings. The van der Waals surface area contributed by atoms with E-state index in [-0.39, 0.29) is 0 Å². The summed E-state index contributed by atoms with van der Waals surface area (Å²) in [5.74, 6) is 0. The highest BCUT2D eigenvalue weighted by Gasteiger charge is 2.20. The molecule has 0 atom stereocenters. The van der Waals surface area contributed by atoms with E-state index < -0.39 is 0 Å². The number of unbranched alkanes of at least 4 members (excludes halogenated alkanes) is 9. The van der Waals surface area contributed by atoms with Crippen LogP contribution < -0.4 is 0 Å². The van der Waals surface area contributed by atoms with E-state index in [1.54, 1.807) is 0 Å². The van der Waals surface area contributed by atoms with E-state index in [2.05, 4.69) is 21.0 Å². The van der Waals surface area contributed by atoms with Crippen molar-refractivity contribution in [1.82, 2.24) is 0 Å². The van der Waals surface area contributed by atoms with Crippen LogP contribution in [0, 0.1) is 0 Å². The summed E-state index contributed by atoms with van der Waals surface area (Å²) in [7, 11) is 4.64. The summed E-state index contributed by atoms with van der Waals surface area (Å²) >= 11 is 0. The third-order valence-electron chi connectivity index (χ3n) is 5.08. The number of hydrogen-bond acceptors (Lipinski definition) is 1. The van der Waals surface area contributed by atoms with Crippen LogP contribution in [0.25, 0.3) is 0 Å². The van der Waals surface area contributed by atoms with Crippen LogP contribution in [0.4, 0.5) is 0 Å². The van der Waals surface area contributed by atoms with Crippen LogP contribution >= 0.6 is 0 Å². The van der Waals surface area contributed by atoms with Crippen molar-refractivity contribution in [1.29, 1.82) is 0 Å². The third-order valence-corrected chi connectivity index (χ3v) is 5.08. The quantitative estimate of drug-likeness (QED) is 0.220. The van der Waals surface area contributed by atoms with Gasteiger partial charge in [0.25, 0.3) is 0 Å². The monoisotopic (exact) mass is 312 g/mol. The Morgan fingerprint density at radius 1 is 0.773 bits per heavy atom. The van der Waals surface area contributed by atoms with E-state index in [0.29, 0.717) is 6.10 Å². The summed E-state index contributed by atoms with van der Waals surface area (Å²) in [5.41, 5.74) is 0. The van der Waals surface area contributed by atoms with E-state index in [4.69, 9.17) is 4.74 Å².